The summed E-state index contributed by atoms with van der Waals surface area (Å²) in [7, 11) is 4.35. The standard InChI is InChI=1S/C17H23N3O/c1-19-9-7-14(8-10-19)20(2)17-11-13(12-21)18-16-6-4-3-5-15(16)17/h3-6,11,14,21H,7-10,12H2,1-2H3. The van der Waals surface area contributed by atoms with Crippen molar-refractivity contribution in [3.05, 3.63) is 36.0 Å². The van der Waals surface area contributed by atoms with Gasteiger partial charge in [-0.1, -0.05) is 18.2 Å². The van der Waals surface area contributed by atoms with Gasteiger partial charge >= 0.3 is 0 Å². The Morgan fingerprint density at radius 3 is 2.71 bits per heavy atom. The number of nitrogens with zero attached hydrogens (tertiary/aromatic N) is 3. The van der Waals surface area contributed by atoms with Crippen LogP contribution in [0.15, 0.2) is 30.3 Å². The van der Waals surface area contributed by atoms with Gasteiger partial charge < -0.3 is 14.9 Å². The average Bonchev–Trinajstić information content (AvgIpc) is 2.53. The molecular formula is C17H23N3O. The first-order chi connectivity index (χ1) is 10.2. The predicted molar refractivity (Wildman–Crippen MR) is 86.6 cm³/mol. The molecule has 2 heterocycles. The van der Waals surface area contributed by atoms with E-state index in [0.717, 1.165) is 29.7 Å². The van der Waals surface area contributed by atoms with Gasteiger partial charge in [0.1, 0.15) is 0 Å². The Balaban J connectivity index is 1.98. The van der Waals surface area contributed by atoms with Gasteiger partial charge in [0.15, 0.2) is 0 Å². The molecule has 3 rings (SSSR count). The molecule has 1 aliphatic heterocycles. The summed E-state index contributed by atoms with van der Waals surface area (Å²) in [6, 6.07) is 10.8. The fourth-order valence-electron chi connectivity index (χ4n) is 3.16. The van der Waals surface area contributed by atoms with Gasteiger partial charge in [-0.3, -0.25) is 4.98 Å². The van der Waals surface area contributed by atoms with E-state index in [1.54, 1.807) is 0 Å². The molecule has 0 aliphatic carbocycles. The van der Waals surface area contributed by atoms with Crippen LogP contribution in [0, 0.1) is 0 Å². The molecule has 1 aliphatic rings. The van der Waals surface area contributed by atoms with Crippen LogP contribution < -0.4 is 4.90 Å². The number of hydrogen-bond acceptors (Lipinski definition) is 4. The number of aliphatic hydroxyl groups is 1. The van der Waals surface area contributed by atoms with E-state index in [-0.39, 0.29) is 6.61 Å². The van der Waals surface area contributed by atoms with Gasteiger partial charge in [-0.15, -0.1) is 0 Å². The molecular weight excluding hydrogens is 262 g/mol. The van der Waals surface area contributed by atoms with Crippen molar-refractivity contribution in [3.8, 4) is 0 Å². The van der Waals surface area contributed by atoms with Crippen LogP contribution in [0.25, 0.3) is 10.9 Å². The SMILES string of the molecule is CN1CCC(N(C)c2cc(CO)nc3ccccc23)CC1. The third-order valence-electron chi connectivity index (χ3n) is 4.53. The molecule has 1 fully saturated rings. The van der Waals surface area contributed by atoms with Crippen molar-refractivity contribution in [2.45, 2.75) is 25.5 Å². The molecule has 1 aromatic heterocycles. The number of aromatic nitrogens is 1. The van der Waals surface area contributed by atoms with Gasteiger partial charge in [-0.05, 0) is 45.1 Å². The lowest BCUT2D eigenvalue weighted by Gasteiger charge is -2.37. The molecule has 1 aromatic carbocycles. The topological polar surface area (TPSA) is 39.6 Å². The quantitative estimate of drug-likeness (QED) is 0.939. The highest BCUT2D eigenvalue weighted by molar-refractivity contribution is 5.92. The number of hydrogen-bond donors (Lipinski definition) is 1. The minimum absolute atomic E-state index is 0.0148. The molecule has 1 saturated heterocycles. The second kappa shape index (κ2) is 6.00. The van der Waals surface area contributed by atoms with Crippen LogP contribution >= 0.6 is 0 Å². The second-order valence-electron chi connectivity index (χ2n) is 5.95. The van der Waals surface area contributed by atoms with E-state index in [1.165, 1.54) is 18.5 Å². The molecule has 0 radical (unpaired) electrons. The second-order valence-corrected chi connectivity index (χ2v) is 5.95. The lowest BCUT2D eigenvalue weighted by atomic mass is 10.0. The number of piperidine rings is 1. The maximum absolute atomic E-state index is 9.46. The molecule has 0 atom stereocenters. The van der Waals surface area contributed by atoms with E-state index in [2.05, 4.69) is 41.0 Å². The Labute approximate surface area is 126 Å². The number of likely N-dealkylation sites (tertiary alicyclic amines) is 1. The third-order valence-corrected chi connectivity index (χ3v) is 4.53. The van der Waals surface area contributed by atoms with Crippen LogP contribution in [0.4, 0.5) is 5.69 Å². The summed E-state index contributed by atoms with van der Waals surface area (Å²) in [6.45, 7) is 2.27. The minimum Gasteiger partial charge on any atom is -0.390 e. The monoisotopic (exact) mass is 285 g/mol. The summed E-state index contributed by atoms with van der Waals surface area (Å²) in [5.41, 5.74) is 2.88. The number of pyridine rings is 1. The van der Waals surface area contributed by atoms with Crippen LogP contribution in [-0.4, -0.2) is 48.2 Å². The van der Waals surface area contributed by atoms with Crippen molar-refractivity contribution >= 4 is 16.6 Å². The lowest BCUT2D eigenvalue weighted by Crippen LogP contribution is -2.42. The zero-order valence-electron chi connectivity index (χ0n) is 12.8. The highest BCUT2D eigenvalue weighted by atomic mass is 16.3. The van der Waals surface area contributed by atoms with Crippen LogP contribution in [-0.2, 0) is 6.61 Å². The summed E-state index contributed by atoms with van der Waals surface area (Å²) in [4.78, 5) is 9.26. The first-order valence-electron chi connectivity index (χ1n) is 7.60. The summed E-state index contributed by atoms with van der Waals surface area (Å²) >= 11 is 0. The molecule has 0 saturated carbocycles. The lowest BCUT2D eigenvalue weighted by molar-refractivity contribution is 0.253. The fourth-order valence-corrected chi connectivity index (χ4v) is 3.16. The molecule has 4 nitrogen and oxygen atoms in total. The van der Waals surface area contributed by atoms with E-state index in [1.807, 2.05) is 18.2 Å². The summed E-state index contributed by atoms with van der Waals surface area (Å²) < 4.78 is 0. The largest absolute Gasteiger partial charge is 0.390 e. The fraction of sp³-hybridized carbons (Fsp3) is 0.471. The molecule has 2 aromatic rings. The Hall–Kier alpha value is -1.65. The number of anilines is 1. The number of rotatable bonds is 3. The van der Waals surface area contributed by atoms with E-state index >= 15 is 0 Å². The molecule has 1 N–H and O–H groups in total. The minimum atomic E-state index is -0.0148. The van der Waals surface area contributed by atoms with Crippen molar-refractivity contribution in [1.29, 1.82) is 0 Å². The molecule has 4 heteroatoms. The Morgan fingerprint density at radius 2 is 2.00 bits per heavy atom. The van der Waals surface area contributed by atoms with E-state index in [0.29, 0.717) is 6.04 Å². The van der Waals surface area contributed by atoms with E-state index < -0.39 is 0 Å². The van der Waals surface area contributed by atoms with E-state index in [9.17, 15) is 5.11 Å². The number of aliphatic hydroxyl groups excluding tert-OH is 1. The van der Waals surface area contributed by atoms with Crippen molar-refractivity contribution in [2.24, 2.45) is 0 Å². The van der Waals surface area contributed by atoms with Crippen LogP contribution in [0.2, 0.25) is 0 Å². The molecule has 112 valence electrons. The molecule has 0 amide bonds. The van der Waals surface area contributed by atoms with Crippen LogP contribution in [0.1, 0.15) is 18.5 Å². The van der Waals surface area contributed by atoms with E-state index in [4.69, 9.17) is 0 Å². The van der Waals surface area contributed by atoms with Gasteiger partial charge in [0.25, 0.3) is 0 Å². The number of benzene rings is 1. The average molecular weight is 285 g/mol. The molecule has 0 bridgehead atoms. The zero-order chi connectivity index (χ0) is 14.8. The Bertz CT molecular complexity index is 620. The Morgan fingerprint density at radius 1 is 1.29 bits per heavy atom. The van der Waals surface area contributed by atoms with Gasteiger partial charge in [-0.2, -0.15) is 0 Å². The normalized spacial score (nSPS) is 17.3. The number of fused-ring (bicyclic) bond motifs is 1. The highest BCUT2D eigenvalue weighted by Gasteiger charge is 2.22. The van der Waals surface area contributed by atoms with Crippen molar-refractivity contribution < 1.29 is 5.11 Å². The number of para-hydroxylation sites is 1. The van der Waals surface area contributed by atoms with Crippen LogP contribution in [0.5, 0.6) is 0 Å². The maximum Gasteiger partial charge on any atom is 0.0854 e. The smallest absolute Gasteiger partial charge is 0.0854 e. The molecule has 21 heavy (non-hydrogen) atoms. The van der Waals surface area contributed by atoms with Gasteiger partial charge in [0.05, 0.1) is 17.8 Å². The first-order valence-corrected chi connectivity index (χ1v) is 7.60. The Kier molecular flexibility index (Phi) is 4.08. The van der Waals surface area contributed by atoms with Gasteiger partial charge in [-0.25, -0.2) is 0 Å². The summed E-state index contributed by atoms with van der Waals surface area (Å²) in [6.07, 6.45) is 2.36. The zero-order valence-corrected chi connectivity index (χ0v) is 12.8. The molecule has 0 spiro atoms. The summed E-state index contributed by atoms with van der Waals surface area (Å²) in [5.74, 6) is 0. The molecule has 0 unspecified atom stereocenters. The first kappa shape index (κ1) is 14.3. The predicted octanol–water partition coefficient (Wildman–Crippen LogP) is 2.26. The van der Waals surface area contributed by atoms with Crippen molar-refractivity contribution in [1.82, 2.24) is 9.88 Å². The van der Waals surface area contributed by atoms with Crippen LogP contribution in [0.3, 0.4) is 0 Å². The van der Waals surface area contributed by atoms with Gasteiger partial charge in [0, 0.05) is 24.2 Å². The third kappa shape index (κ3) is 2.87. The summed E-state index contributed by atoms with van der Waals surface area (Å²) in [5, 5.41) is 10.6. The van der Waals surface area contributed by atoms with Crippen molar-refractivity contribution in [3.63, 3.8) is 0 Å². The highest BCUT2D eigenvalue weighted by Crippen LogP contribution is 2.29. The van der Waals surface area contributed by atoms with Gasteiger partial charge in [0.2, 0.25) is 0 Å². The maximum atomic E-state index is 9.46. The van der Waals surface area contributed by atoms with Crippen molar-refractivity contribution in [2.75, 3.05) is 32.1 Å².